The van der Waals surface area contributed by atoms with Gasteiger partial charge in [0.25, 0.3) is 0 Å². The van der Waals surface area contributed by atoms with Crippen LogP contribution in [0.3, 0.4) is 0 Å². The van der Waals surface area contributed by atoms with E-state index in [2.05, 4.69) is 57.6 Å². The topological polar surface area (TPSA) is 35.6 Å². The molecule has 3 rings (SSSR count). The zero-order valence-electron chi connectivity index (χ0n) is 15.2. The monoisotopic (exact) mass is 341 g/mol. The summed E-state index contributed by atoms with van der Waals surface area (Å²) in [4.78, 5) is 17.0. The Hall–Kier alpha value is -1.65. The average Bonchev–Trinajstić information content (AvgIpc) is 3.18. The van der Waals surface area contributed by atoms with Crippen molar-refractivity contribution >= 4 is 5.91 Å². The summed E-state index contributed by atoms with van der Waals surface area (Å²) in [5.41, 5.74) is 1.41. The number of rotatable bonds is 8. The van der Waals surface area contributed by atoms with E-state index in [1.807, 2.05) is 0 Å². The third kappa shape index (κ3) is 5.98. The molecule has 1 amide bonds. The van der Waals surface area contributed by atoms with Gasteiger partial charge in [-0.2, -0.15) is 0 Å². The molecule has 1 aliphatic heterocycles. The molecule has 1 saturated heterocycles. The summed E-state index contributed by atoms with van der Waals surface area (Å²) in [5, 5.41) is 3.09. The molecule has 0 bridgehead atoms. The molecule has 0 saturated carbocycles. The maximum atomic E-state index is 11.9. The van der Waals surface area contributed by atoms with Crippen LogP contribution in [0.2, 0.25) is 0 Å². The molecule has 0 atom stereocenters. The van der Waals surface area contributed by atoms with E-state index in [4.69, 9.17) is 0 Å². The lowest BCUT2D eigenvalue weighted by molar-refractivity contribution is -0.124. The van der Waals surface area contributed by atoms with Crippen molar-refractivity contribution in [3.63, 3.8) is 0 Å². The van der Waals surface area contributed by atoms with Crippen molar-refractivity contribution in [2.75, 3.05) is 39.3 Å². The van der Waals surface area contributed by atoms with Crippen LogP contribution in [0, 0.1) is 5.92 Å². The molecule has 4 heteroatoms. The van der Waals surface area contributed by atoms with Crippen LogP contribution in [-0.2, 0) is 11.3 Å². The molecule has 2 aliphatic rings. The lowest BCUT2D eigenvalue weighted by Crippen LogP contribution is -2.46. The number of benzene rings is 1. The number of carbonyl (C=O) groups excluding carboxylic acids is 1. The molecule has 25 heavy (non-hydrogen) atoms. The standard InChI is InChI=1S/C21H31N3O/c25-21(20-10-4-5-11-20)22-12-6-7-13-23-14-16-24(17-15-23)18-19-8-2-1-3-9-19/h1-5,8-9,20H,6-7,10-18H2,(H,22,25). The minimum atomic E-state index is 0.192. The van der Waals surface area contributed by atoms with Crippen LogP contribution in [0.4, 0.5) is 0 Å². The summed E-state index contributed by atoms with van der Waals surface area (Å²) in [6, 6.07) is 10.7. The summed E-state index contributed by atoms with van der Waals surface area (Å²) in [6.07, 6.45) is 8.31. The van der Waals surface area contributed by atoms with Gasteiger partial charge in [-0.25, -0.2) is 0 Å². The first-order valence-corrected chi connectivity index (χ1v) is 9.72. The number of nitrogens with zero attached hydrogens (tertiary/aromatic N) is 2. The highest BCUT2D eigenvalue weighted by atomic mass is 16.1. The molecular weight excluding hydrogens is 310 g/mol. The summed E-state index contributed by atoms with van der Waals surface area (Å²) < 4.78 is 0. The van der Waals surface area contributed by atoms with Gasteiger partial charge in [0.1, 0.15) is 0 Å². The zero-order chi connectivity index (χ0) is 17.3. The second-order valence-corrected chi connectivity index (χ2v) is 7.24. The first kappa shape index (κ1) is 18.2. The number of amides is 1. The molecule has 0 unspecified atom stereocenters. The second kappa shape index (κ2) is 9.73. The van der Waals surface area contributed by atoms with E-state index in [1.54, 1.807) is 0 Å². The van der Waals surface area contributed by atoms with Gasteiger partial charge in [0.05, 0.1) is 0 Å². The Labute approximate surface area is 151 Å². The fraction of sp³-hybridized carbons (Fsp3) is 0.571. The Balaban J connectivity index is 1.23. The van der Waals surface area contributed by atoms with E-state index >= 15 is 0 Å². The third-order valence-corrected chi connectivity index (χ3v) is 5.29. The number of hydrogen-bond acceptors (Lipinski definition) is 3. The third-order valence-electron chi connectivity index (χ3n) is 5.29. The number of nitrogens with one attached hydrogen (secondary N) is 1. The molecule has 1 fully saturated rings. The Morgan fingerprint density at radius 2 is 1.64 bits per heavy atom. The lowest BCUT2D eigenvalue weighted by Gasteiger charge is -2.34. The number of unbranched alkanes of at least 4 members (excludes halogenated alkanes) is 1. The molecule has 1 aromatic carbocycles. The van der Waals surface area contributed by atoms with Crippen molar-refractivity contribution in [3.8, 4) is 0 Å². The van der Waals surface area contributed by atoms with Gasteiger partial charge in [-0.05, 0) is 37.8 Å². The minimum Gasteiger partial charge on any atom is -0.356 e. The Kier molecular flexibility index (Phi) is 7.07. The lowest BCUT2D eigenvalue weighted by atomic mass is 10.1. The number of hydrogen-bond donors (Lipinski definition) is 1. The van der Waals surface area contributed by atoms with E-state index in [-0.39, 0.29) is 11.8 Å². The van der Waals surface area contributed by atoms with Crippen molar-refractivity contribution in [1.82, 2.24) is 15.1 Å². The first-order chi connectivity index (χ1) is 12.3. The van der Waals surface area contributed by atoms with Crippen molar-refractivity contribution in [2.45, 2.75) is 32.2 Å². The van der Waals surface area contributed by atoms with E-state index in [1.165, 1.54) is 12.0 Å². The molecule has 0 radical (unpaired) electrons. The number of carbonyl (C=O) groups is 1. The molecule has 4 nitrogen and oxygen atoms in total. The van der Waals surface area contributed by atoms with Crippen LogP contribution in [0.1, 0.15) is 31.2 Å². The van der Waals surface area contributed by atoms with Crippen LogP contribution in [-0.4, -0.2) is 55.0 Å². The van der Waals surface area contributed by atoms with Gasteiger partial charge in [-0.3, -0.25) is 9.69 Å². The molecule has 0 spiro atoms. The molecule has 1 heterocycles. The molecule has 136 valence electrons. The van der Waals surface area contributed by atoms with Gasteiger partial charge < -0.3 is 10.2 Å². The molecule has 1 aromatic rings. The van der Waals surface area contributed by atoms with Crippen molar-refractivity contribution in [2.24, 2.45) is 5.92 Å². The van der Waals surface area contributed by atoms with Crippen LogP contribution in [0.15, 0.2) is 42.5 Å². The van der Waals surface area contributed by atoms with Crippen LogP contribution in [0.25, 0.3) is 0 Å². The normalized spacial score (nSPS) is 19.4. The fourth-order valence-corrected chi connectivity index (χ4v) is 3.66. The van der Waals surface area contributed by atoms with E-state index in [9.17, 15) is 4.79 Å². The molecule has 0 aromatic heterocycles. The SMILES string of the molecule is O=C(NCCCCN1CCN(Cc2ccccc2)CC1)C1CC=CC1. The van der Waals surface area contributed by atoms with Gasteiger partial charge in [-0.1, -0.05) is 42.5 Å². The van der Waals surface area contributed by atoms with Gasteiger partial charge in [0.15, 0.2) is 0 Å². The minimum absolute atomic E-state index is 0.192. The predicted molar refractivity (Wildman–Crippen MR) is 102 cm³/mol. The maximum Gasteiger partial charge on any atom is 0.223 e. The summed E-state index contributed by atoms with van der Waals surface area (Å²) in [7, 11) is 0. The van der Waals surface area contributed by atoms with Crippen molar-refractivity contribution in [3.05, 3.63) is 48.0 Å². The zero-order valence-corrected chi connectivity index (χ0v) is 15.2. The first-order valence-electron chi connectivity index (χ1n) is 9.72. The predicted octanol–water partition coefficient (Wildman–Crippen LogP) is 2.67. The van der Waals surface area contributed by atoms with E-state index in [0.29, 0.717) is 0 Å². The summed E-state index contributed by atoms with van der Waals surface area (Å²) in [6.45, 7) is 7.67. The van der Waals surface area contributed by atoms with Crippen LogP contribution in [0.5, 0.6) is 0 Å². The van der Waals surface area contributed by atoms with E-state index in [0.717, 1.165) is 65.1 Å². The Morgan fingerprint density at radius 1 is 0.960 bits per heavy atom. The van der Waals surface area contributed by atoms with Gasteiger partial charge in [0, 0.05) is 45.2 Å². The Bertz CT molecular complexity index is 542. The quantitative estimate of drug-likeness (QED) is 0.583. The highest BCUT2D eigenvalue weighted by molar-refractivity contribution is 5.79. The highest BCUT2D eigenvalue weighted by Crippen LogP contribution is 2.17. The number of piperazine rings is 1. The van der Waals surface area contributed by atoms with Gasteiger partial charge in [0.2, 0.25) is 5.91 Å². The largest absolute Gasteiger partial charge is 0.356 e. The fourth-order valence-electron chi connectivity index (χ4n) is 3.66. The second-order valence-electron chi connectivity index (χ2n) is 7.24. The van der Waals surface area contributed by atoms with Crippen molar-refractivity contribution < 1.29 is 4.79 Å². The van der Waals surface area contributed by atoms with Crippen LogP contribution >= 0.6 is 0 Å². The van der Waals surface area contributed by atoms with Crippen molar-refractivity contribution in [1.29, 1.82) is 0 Å². The van der Waals surface area contributed by atoms with Gasteiger partial charge in [-0.15, -0.1) is 0 Å². The molecule has 1 N–H and O–H groups in total. The number of allylic oxidation sites excluding steroid dienone is 2. The van der Waals surface area contributed by atoms with Gasteiger partial charge >= 0.3 is 0 Å². The summed E-state index contributed by atoms with van der Waals surface area (Å²) >= 11 is 0. The average molecular weight is 341 g/mol. The molecular formula is C21H31N3O. The smallest absolute Gasteiger partial charge is 0.223 e. The maximum absolute atomic E-state index is 11.9. The molecule has 1 aliphatic carbocycles. The summed E-state index contributed by atoms with van der Waals surface area (Å²) in [5.74, 6) is 0.428. The van der Waals surface area contributed by atoms with Crippen LogP contribution < -0.4 is 5.32 Å². The van der Waals surface area contributed by atoms with E-state index < -0.39 is 0 Å². The highest BCUT2D eigenvalue weighted by Gasteiger charge is 2.19. The Morgan fingerprint density at radius 3 is 2.36 bits per heavy atom.